The van der Waals surface area contributed by atoms with Crippen molar-refractivity contribution in [2.24, 2.45) is 0 Å². The largest absolute Gasteiger partial charge is 0.478 e. The first kappa shape index (κ1) is 13.0. The van der Waals surface area contributed by atoms with E-state index >= 15 is 0 Å². The first-order valence-corrected chi connectivity index (χ1v) is 6.50. The molecule has 0 aliphatic rings. The van der Waals surface area contributed by atoms with Crippen LogP contribution in [0, 0.1) is 5.82 Å². The average molecular weight is 328 g/mol. The molecule has 0 unspecified atom stereocenters. The summed E-state index contributed by atoms with van der Waals surface area (Å²) in [4.78, 5) is 15.4. The molecule has 0 atom stereocenters. The molecule has 3 nitrogen and oxygen atoms in total. The Hall–Kier alpha value is -1.40. The third kappa shape index (κ3) is 2.88. The number of carboxylic acids is 1. The minimum Gasteiger partial charge on any atom is -0.478 e. The van der Waals surface area contributed by atoms with Crippen LogP contribution < -0.4 is 0 Å². The highest BCUT2D eigenvalue weighted by molar-refractivity contribution is 9.10. The fourth-order valence-corrected chi connectivity index (χ4v) is 2.50. The number of rotatable bonds is 3. The molecule has 1 aromatic carbocycles. The zero-order chi connectivity index (χ0) is 13.1. The van der Waals surface area contributed by atoms with Gasteiger partial charge in [0.25, 0.3) is 0 Å². The molecule has 0 saturated heterocycles. The summed E-state index contributed by atoms with van der Waals surface area (Å²) in [6.07, 6.45) is 1.47. The smallest absolute Gasteiger partial charge is 0.336 e. The molecule has 18 heavy (non-hydrogen) atoms. The lowest BCUT2D eigenvalue weighted by Crippen LogP contribution is -1.98. The molecule has 0 aliphatic carbocycles. The van der Waals surface area contributed by atoms with E-state index in [1.807, 2.05) is 0 Å². The van der Waals surface area contributed by atoms with Crippen LogP contribution in [0.1, 0.15) is 10.4 Å². The molecule has 0 amide bonds. The second kappa shape index (κ2) is 5.49. The summed E-state index contributed by atoms with van der Waals surface area (Å²) >= 11 is 4.10. The van der Waals surface area contributed by atoms with Gasteiger partial charge in [-0.15, -0.1) is 0 Å². The first-order chi connectivity index (χ1) is 8.58. The van der Waals surface area contributed by atoms with Gasteiger partial charge in [-0.1, -0.05) is 23.9 Å². The number of hydrogen-bond acceptors (Lipinski definition) is 3. The van der Waals surface area contributed by atoms with Gasteiger partial charge < -0.3 is 5.11 Å². The van der Waals surface area contributed by atoms with Crippen LogP contribution in [0.3, 0.4) is 0 Å². The number of halogens is 2. The van der Waals surface area contributed by atoms with Gasteiger partial charge in [-0.2, -0.15) is 0 Å². The molecule has 0 aliphatic heterocycles. The molecular formula is C12H7BrFNO2S. The molecule has 2 rings (SSSR count). The highest BCUT2D eigenvalue weighted by Crippen LogP contribution is 2.31. The Morgan fingerprint density at radius 3 is 2.78 bits per heavy atom. The number of aromatic nitrogens is 1. The van der Waals surface area contributed by atoms with Crippen LogP contribution >= 0.6 is 27.7 Å². The molecule has 92 valence electrons. The third-order valence-corrected chi connectivity index (χ3v) is 3.60. The van der Waals surface area contributed by atoms with Gasteiger partial charge in [-0.05, 0) is 34.1 Å². The predicted molar refractivity (Wildman–Crippen MR) is 69.4 cm³/mol. The van der Waals surface area contributed by atoms with Crippen LogP contribution in [-0.2, 0) is 0 Å². The Balaban J connectivity index is 2.37. The highest BCUT2D eigenvalue weighted by atomic mass is 79.9. The van der Waals surface area contributed by atoms with Crippen LogP contribution in [-0.4, -0.2) is 16.1 Å². The van der Waals surface area contributed by atoms with Crippen molar-refractivity contribution in [2.75, 3.05) is 0 Å². The van der Waals surface area contributed by atoms with Crippen molar-refractivity contribution >= 4 is 33.7 Å². The lowest BCUT2D eigenvalue weighted by molar-refractivity contribution is 0.0693. The summed E-state index contributed by atoms with van der Waals surface area (Å²) in [6, 6.07) is 7.71. The summed E-state index contributed by atoms with van der Waals surface area (Å²) in [5, 5.41) is 9.17. The van der Waals surface area contributed by atoms with Crippen molar-refractivity contribution in [3.63, 3.8) is 0 Å². The second-order valence-corrected chi connectivity index (χ2v) is 5.29. The maximum Gasteiger partial charge on any atom is 0.336 e. The van der Waals surface area contributed by atoms with Crippen molar-refractivity contribution in [1.29, 1.82) is 0 Å². The van der Waals surface area contributed by atoms with Gasteiger partial charge in [-0.3, -0.25) is 0 Å². The predicted octanol–water partition coefficient (Wildman–Crippen LogP) is 3.83. The van der Waals surface area contributed by atoms with Gasteiger partial charge >= 0.3 is 5.97 Å². The summed E-state index contributed by atoms with van der Waals surface area (Å²) in [6.45, 7) is 0. The van der Waals surface area contributed by atoms with Crippen molar-refractivity contribution in [1.82, 2.24) is 4.98 Å². The molecule has 0 bridgehead atoms. The standard InChI is InChI=1S/C12H7BrFNO2S/c13-7-5-9(14)11(15-6-7)18-10-4-2-1-3-8(10)12(16)17/h1-6H,(H,16,17). The number of carboxylic acid groups (broad SMARTS) is 1. The van der Waals surface area contributed by atoms with E-state index in [1.54, 1.807) is 18.2 Å². The minimum atomic E-state index is -1.05. The minimum absolute atomic E-state index is 0.131. The van der Waals surface area contributed by atoms with Crippen molar-refractivity contribution < 1.29 is 14.3 Å². The number of nitrogens with zero attached hydrogens (tertiary/aromatic N) is 1. The van der Waals surface area contributed by atoms with Crippen LogP contribution in [0.15, 0.2) is 50.9 Å². The quantitative estimate of drug-likeness (QED) is 0.930. The lowest BCUT2D eigenvalue weighted by atomic mass is 10.2. The van der Waals surface area contributed by atoms with Crippen LogP contribution in [0.25, 0.3) is 0 Å². The molecule has 0 saturated carbocycles. The maximum atomic E-state index is 13.6. The Bertz CT molecular complexity index is 606. The number of benzene rings is 1. The van der Waals surface area contributed by atoms with Gasteiger partial charge in [-0.25, -0.2) is 14.2 Å². The molecule has 1 aromatic heterocycles. The van der Waals surface area contributed by atoms with Gasteiger partial charge in [0.05, 0.1) is 5.56 Å². The molecule has 0 radical (unpaired) electrons. The molecular weight excluding hydrogens is 321 g/mol. The number of pyridine rings is 1. The molecule has 1 N–H and O–H groups in total. The van der Waals surface area contributed by atoms with Crippen LogP contribution in [0.5, 0.6) is 0 Å². The molecule has 2 aromatic rings. The summed E-state index contributed by atoms with van der Waals surface area (Å²) in [5.41, 5.74) is 0.131. The number of carbonyl (C=O) groups is 1. The summed E-state index contributed by atoms with van der Waals surface area (Å²) in [7, 11) is 0. The topological polar surface area (TPSA) is 50.2 Å². The zero-order valence-electron chi connectivity index (χ0n) is 8.93. The van der Waals surface area contributed by atoms with E-state index in [0.717, 1.165) is 11.8 Å². The normalized spacial score (nSPS) is 10.3. The number of hydrogen-bond donors (Lipinski definition) is 1. The van der Waals surface area contributed by atoms with Crippen molar-refractivity contribution in [3.05, 3.63) is 52.4 Å². The third-order valence-electron chi connectivity index (χ3n) is 2.10. The lowest BCUT2D eigenvalue weighted by Gasteiger charge is -2.05. The summed E-state index contributed by atoms with van der Waals surface area (Å²) in [5.74, 6) is -1.54. The van der Waals surface area contributed by atoms with E-state index in [1.165, 1.54) is 18.3 Å². The fourth-order valence-electron chi connectivity index (χ4n) is 1.31. The van der Waals surface area contributed by atoms with E-state index in [4.69, 9.17) is 5.11 Å². The van der Waals surface area contributed by atoms with Gasteiger partial charge in [0.2, 0.25) is 0 Å². The van der Waals surface area contributed by atoms with E-state index in [2.05, 4.69) is 20.9 Å². The van der Waals surface area contributed by atoms with Gasteiger partial charge in [0, 0.05) is 15.6 Å². The molecule has 1 heterocycles. The molecule has 0 spiro atoms. The Morgan fingerprint density at radius 1 is 1.39 bits per heavy atom. The van der Waals surface area contributed by atoms with Crippen LogP contribution in [0.4, 0.5) is 4.39 Å². The number of aromatic carboxylic acids is 1. The van der Waals surface area contributed by atoms with E-state index in [-0.39, 0.29) is 10.6 Å². The van der Waals surface area contributed by atoms with E-state index in [0.29, 0.717) is 9.37 Å². The Labute approximate surface area is 115 Å². The second-order valence-electron chi connectivity index (χ2n) is 3.34. The monoisotopic (exact) mass is 327 g/mol. The van der Waals surface area contributed by atoms with Crippen molar-refractivity contribution in [2.45, 2.75) is 9.92 Å². The molecule has 6 heteroatoms. The Morgan fingerprint density at radius 2 is 2.11 bits per heavy atom. The SMILES string of the molecule is O=C(O)c1ccccc1Sc1ncc(Br)cc1F. The highest BCUT2D eigenvalue weighted by Gasteiger charge is 2.13. The van der Waals surface area contributed by atoms with E-state index < -0.39 is 11.8 Å². The average Bonchev–Trinajstić information content (AvgIpc) is 2.33. The summed E-state index contributed by atoms with van der Waals surface area (Å²) < 4.78 is 14.1. The van der Waals surface area contributed by atoms with Gasteiger partial charge in [0.15, 0.2) is 5.82 Å². The van der Waals surface area contributed by atoms with Gasteiger partial charge in [0.1, 0.15) is 5.03 Å². The zero-order valence-corrected chi connectivity index (χ0v) is 11.3. The van der Waals surface area contributed by atoms with E-state index in [9.17, 15) is 9.18 Å². The van der Waals surface area contributed by atoms with Crippen LogP contribution in [0.2, 0.25) is 0 Å². The maximum absolute atomic E-state index is 13.6. The fraction of sp³-hybridized carbons (Fsp3) is 0. The molecule has 0 fully saturated rings. The first-order valence-electron chi connectivity index (χ1n) is 4.89. The van der Waals surface area contributed by atoms with Crippen molar-refractivity contribution in [3.8, 4) is 0 Å². The Kier molecular flexibility index (Phi) is 3.98.